The summed E-state index contributed by atoms with van der Waals surface area (Å²) >= 11 is 0. The second-order valence-electron chi connectivity index (χ2n) is 13.2. The van der Waals surface area contributed by atoms with Crippen molar-refractivity contribution in [1.29, 1.82) is 0 Å². The molecule has 23 heteroatoms. The Balaban J connectivity index is 2.64. The van der Waals surface area contributed by atoms with Crippen LogP contribution in [0.15, 0.2) is 0 Å². The topological polar surface area (TPSA) is 288 Å². The first-order valence-electron chi connectivity index (χ1n) is 17.0. The summed E-state index contributed by atoms with van der Waals surface area (Å²) in [4.78, 5) is 115. The molecule has 0 aromatic carbocycles. The average Bonchev–Trinajstić information content (AvgIpc) is 3.02. The molecular weight excluding hydrogens is 760 g/mol. The van der Waals surface area contributed by atoms with Gasteiger partial charge in [0.25, 0.3) is 5.91 Å². The Hall–Kier alpha value is -5.13. The van der Waals surface area contributed by atoms with Gasteiger partial charge in [-0.05, 0) is 20.8 Å². The summed E-state index contributed by atoms with van der Waals surface area (Å²) in [6.45, 7) is 9.72. The minimum atomic E-state index is -1.89. The van der Waals surface area contributed by atoms with Crippen molar-refractivity contribution >= 4 is 53.8 Å². The van der Waals surface area contributed by atoms with Crippen LogP contribution < -0.4 is 10.8 Å². The van der Waals surface area contributed by atoms with Gasteiger partial charge in [-0.25, -0.2) is 4.79 Å². The molecule has 0 aliphatic carbocycles. The molecule has 10 atom stereocenters. The molecule has 0 spiro atoms. The van der Waals surface area contributed by atoms with Gasteiger partial charge in [-0.2, -0.15) is 5.48 Å². The van der Waals surface area contributed by atoms with E-state index in [0.717, 1.165) is 48.5 Å². The Kier molecular flexibility index (Phi) is 17.8. The van der Waals surface area contributed by atoms with Crippen molar-refractivity contribution in [3.63, 3.8) is 0 Å². The van der Waals surface area contributed by atoms with Gasteiger partial charge in [0.05, 0.1) is 0 Å². The van der Waals surface area contributed by atoms with Crippen LogP contribution in [0.3, 0.4) is 0 Å². The SMILES string of the molecule is CC(=O)OCC1O[C@@H](O[C@H]2C(COC(C)=O)O[C@@H](NC(=O)CONC(=O)OC(C)(C)C)C(OC(C)=O)[C@@H]2OC(C)=O)C(OC(C)=O)[C@@H](OC(C)=O)[C@H]1OC(C)=O. The lowest BCUT2D eigenvalue weighted by atomic mass is 9.95. The van der Waals surface area contributed by atoms with Gasteiger partial charge < -0.3 is 57.4 Å². The fourth-order valence-electron chi connectivity index (χ4n) is 5.29. The zero-order valence-electron chi connectivity index (χ0n) is 32.5. The Morgan fingerprint density at radius 3 is 1.43 bits per heavy atom. The van der Waals surface area contributed by atoms with Crippen molar-refractivity contribution < 1.29 is 100 Å². The fourth-order valence-corrected chi connectivity index (χ4v) is 5.29. The molecule has 0 bridgehead atoms. The van der Waals surface area contributed by atoms with Crippen LogP contribution in [-0.4, -0.2) is 141 Å². The third-order valence-corrected chi connectivity index (χ3v) is 6.99. The number of amides is 2. The van der Waals surface area contributed by atoms with Gasteiger partial charge in [0.1, 0.15) is 37.1 Å². The van der Waals surface area contributed by atoms with Crippen LogP contribution in [0.4, 0.5) is 4.79 Å². The number of rotatable bonds is 15. The molecule has 2 aliphatic heterocycles. The maximum atomic E-state index is 13.0. The average molecular weight is 809 g/mol. The molecule has 2 N–H and O–H groups in total. The molecule has 4 unspecified atom stereocenters. The first-order valence-corrected chi connectivity index (χ1v) is 17.0. The highest BCUT2D eigenvalue weighted by Crippen LogP contribution is 2.35. The predicted octanol–water partition coefficient (Wildman–Crippen LogP) is -0.821. The third kappa shape index (κ3) is 15.9. The lowest BCUT2D eigenvalue weighted by molar-refractivity contribution is -0.345. The molecule has 2 heterocycles. The van der Waals surface area contributed by atoms with E-state index in [1.54, 1.807) is 20.8 Å². The summed E-state index contributed by atoms with van der Waals surface area (Å²) in [5, 5.41) is 2.37. The molecule has 2 amide bonds. The number of hydrogen-bond acceptors (Lipinski definition) is 21. The van der Waals surface area contributed by atoms with Crippen molar-refractivity contribution in [2.45, 2.75) is 136 Å². The predicted molar refractivity (Wildman–Crippen MR) is 177 cm³/mol. The molecular formula is C33H48N2O21. The molecule has 2 saturated heterocycles. The quantitative estimate of drug-likeness (QED) is 0.116. The normalized spacial score (nSPS) is 27.2. The lowest BCUT2D eigenvalue weighted by Crippen LogP contribution is -2.69. The molecule has 316 valence electrons. The van der Waals surface area contributed by atoms with E-state index in [1.165, 1.54) is 0 Å². The Morgan fingerprint density at radius 1 is 0.536 bits per heavy atom. The van der Waals surface area contributed by atoms with E-state index in [4.69, 9.17) is 56.9 Å². The van der Waals surface area contributed by atoms with Crippen LogP contribution in [0.1, 0.15) is 69.2 Å². The number of nitrogens with one attached hydrogen (secondary N) is 2. The highest BCUT2D eigenvalue weighted by molar-refractivity contribution is 5.78. The molecule has 56 heavy (non-hydrogen) atoms. The van der Waals surface area contributed by atoms with E-state index < -0.39 is 141 Å². The third-order valence-electron chi connectivity index (χ3n) is 6.99. The molecule has 0 saturated carbocycles. The van der Waals surface area contributed by atoms with Crippen molar-refractivity contribution in [3.8, 4) is 0 Å². The van der Waals surface area contributed by atoms with Gasteiger partial charge >= 0.3 is 47.9 Å². The molecule has 2 rings (SSSR count). The number of carbonyl (C=O) groups excluding carboxylic acids is 9. The lowest BCUT2D eigenvalue weighted by Gasteiger charge is -2.48. The van der Waals surface area contributed by atoms with E-state index in [1.807, 2.05) is 5.48 Å². The molecule has 0 aromatic rings. The number of esters is 7. The summed E-state index contributed by atoms with van der Waals surface area (Å²) < 4.78 is 60.8. The number of carbonyl (C=O) groups is 9. The Labute approximate surface area is 320 Å². The van der Waals surface area contributed by atoms with Gasteiger partial charge in [-0.1, -0.05) is 0 Å². The Morgan fingerprint density at radius 2 is 0.964 bits per heavy atom. The van der Waals surface area contributed by atoms with Crippen LogP contribution in [0.25, 0.3) is 0 Å². The van der Waals surface area contributed by atoms with Gasteiger partial charge in [-0.3, -0.25) is 43.2 Å². The first kappa shape index (κ1) is 47.0. The summed E-state index contributed by atoms with van der Waals surface area (Å²) in [6.07, 6.45) is -17.9. The minimum Gasteiger partial charge on any atom is -0.463 e. The fraction of sp³-hybridized carbons (Fsp3) is 0.727. The van der Waals surface area contributed by atoms with E-state index in [2.05, 4.69) is 5.32 Å². The molecule has 2 fully saturated rings. The van der Waals surface area contributed by atoms with E-state index in [0.29, 0.717) is 0 Å². The summed E-state index contributed by atoms with van der Waals surface area (Å²) in [7, 11) is 0. The second kappa shape index (κ2) is 21.2. The van der Waals surface area contributed by atoms with Gasteiger partial charge in [-0.15, -0.1) is 0 Å². The monoisotopic (exact) mass is 808 g/mol. The standard InChI is InChI=1S/C33H48N2O21/c1-14(36)45-11-21-25(55-31-29(52-20(7)42)27(50-18(5)40)24(48-16(3)38)22(54-31)12-46-15(2)37)26(49-17(4)39)28(51-19(6)41)30(53-21)34-23(43)13-47-35-32(44)56-33(8,9)10/h21-22,24-31H,11-13H2,1-10H3,(H,34,43)(H,35,44)/t21?,22?,24-,25-,26+,27-,28?,29?,30+,31-/m0/s1. The maximum Gasteiger partial charge on any atom is 0.431 e. The van der Waals surface area contributed by atoms with Gasteiger partial charge in [0.15, 0.2) is 49.6 Å². The first-order chi connectivity index (χ1) is 26.0. The van der Waals surface area contributed by atoms with Crippen LogP contribution in [0.2, 0.25) is 0 Å². The molecule has 0 aromatic heterocycles. The maximum absolute atomic E-state index is 13.0. The minimum absolute atomic E-state index is 0.627. The number of hydrogen-bond donors (Lipinski definition) is 2. The highest BCUT2D eigenvalue weighted by Gasteiger charge is 2.57. The Bertz CT molecular complexity index is 1460. The van der Waals surface area contributed by atoms with Crippen LogP contribution >= 0.6 is 0 Å². The van der Waals surface area contributed by atoms with E-state index >= 15 is 0 Å². The van der Waals surface area contributed by atoms with Crippen LogP contribution in [0, 0.1) is 0 Å². The van der Waals surface area contributed by atoms with E-state index in [9.17, 15) is 43.2 Å². The van der Waals surface area contributed by atoms with Gasteiger partial charge in [0, 0.05) is 48.5 Å². The van der Waals surface area contributed by atoms with Crippen LogP contribution in [0.5, 0.6) is 0 Å². The number of hydroxylamine groups is 1. The van der Waals surface area contributed by atoms with Crippen molar-refractivity contribution in [2.75, 3.05) is 19.8 Å². The number of ether oxygens (including phenoxy) is 11. The zero-order valence-corrected chi connectivity index (χ0v) is 32.5. The van der Waals surface area contributed by atoms with Crippen molar-refractivity contribution in [1.82, 2.24) is 10.8 Å². The molecule has 2 aliphatic rings. The largest absolute Gasteiger partial charge is 0.463 e. The summed E-state index contributed by atoms with van der Waals surface area (Å²) in [5.74, 6) is -7.36. The molecule has 0 radical (unpaired) electrons. The zero-order chi connectivity index (χ0) is 42.5. The molecule has 23 nitrogen and oxygen atoms in total. The second-order valence-corrected chi connectivity index (χ2v) is 13.2. The smallest absolute Gasteiger partial charge is 0.431 e. The van der Waals surface area contributed by atoms with Crippen molar-refractivity contribution in [2.24, 2.45) is 0 Å². The summed E-state index contributed by atoms with van der Waals surface area (Å²) in [5.41, 5.74) is 1.02. The van der Waals surface area contributed by atoms with Crippen LogP contribution in [-0.2, 0) is 95.3 Å². The van der Waals surface area contributed by atoms with Crippen molar-refractivity contribution in [3.05, 3.63) is 0 Å². The summed E-state index contributed by atoms with van der Waals surface area (Å²) in [6, 6.07) is 0. The van der Waals surface area contributed by atoms with Gasteiger partial charge in [0.2, 0.25) is 0 Å². The van der Waals surface area contributed by atoms with E-state index in [-0.39, 0.29) is 0 Å². The highest BCUT2D eigenvalue weighted by atomic mass is 16.8.